The second kappa shape index (κ2) is 10.8. The molecule has 0 aromatic carbocycles. The van der Waals surface area contributed by atoms with Crippen molar-refractivity contribution in [3.05, 3.63) is 0 Å². The van der Waals surface area contributed by atoms with E-state index in [1.807, 2.05) is 6.92 Å². The molecule has 0 amide bonds. The first-order valence-electron chi connectivity index (χ1n) is 9.18. The molecule has 24 heavy (non-hydrogen) atoms. The monoisotopic (exact) mass is 350 g/mol. The lowest BCUT2D eigenvalue weighted by molar-refractivity contribution is -0.143. The Hall–Kier alpha value is -0.980. The van der Waals surface area contributed by atoms with Crippen LogP contribution in [0.2, 0.25) is 0 Å². The highest BCUT2D eigenvalue weighted by molar-refractivity contribution is 5.80. The predicted molar refractivity (Wildman–Crippen MR) is 93.3 cm³/mol. The molecule has 0 bridgehead atoms. The third-order valence-electron chi connectivity index (χ3n) is 4.25. The molecule has 0 aliphatic carbocycles. The zero-order valence-corrected chi connectivity index (χ0v) is 15.3. The minimum atomic E-state index is -4.11. The zero-order chi connectivity index (χ0) is 18.0. The number of likely N-dealkylation sites (tertiary alicyclic amines) is 1. The second-order valence-electron chi connectivity index (χ2n) is 6.77. The Kier molecular flexibility index (Phi) is 9.48. The van der Waals surface area contributed by atoms with Crippen molar-refractivity contribution in [3.63, 3.8) is 0 Å². The lowest BCUT2D eigenvalue weighted by Gasteiger charge is -2.19. The number of unbranched alkanes of at least 4 members (excludes halogenated alkanes) is 2. The van der Waals surface area contributed by atoms with Crippen molar-refractivity contribution in [2.45, 2.75) is 65.1 Å². The highest BCUT2D eigenvalue weighted by atomic mass is 19.4. The van der Waals surface area contributed by atoms with Crippen molar-refractivity contribution >= 4 is 5.96 Å². The van der Waals surface area contributed by atoms with E-state index in [0.29, 0.717) is 25.7 Å². The fourth-order valence-electron chi connectivity index (χ4n) is 3.01. The van der Waals surface area contributed by atoms with Gasteiger partial charge in [-0.15, -0.1) is 0 Å². The number of nitrogens with zero attached hydrogens (tertiary/aromatic N) is 2. The average Bonchev–Trinajstić information content (AvgIpc) is 2.90. The summed E-state index contributed by atoms with van der Waals surface area (Å²) in [6, 6.07) is 0.347. The van der Waals surface area contributed by atoms with E-state index in [4.69, 9.17) is 0 Å². The van der Waals surface area contributed by atoms with Gasteiger partial charge in [0.1, 0.15) is 0 Å². The average molecular weight is 350 g/mol. The lowest BCUT2D eigenvalue weighted by atomic mass is 10.1. The molecule has 1 heterocycles. The summed E-state index contributed by atoms with van der Waals surface area (Å²) in [4.78, 5) is 6.06. The molecule has 0 radical (unpaired) electrons. The standard InChI is InChI=1S/C17H33F3N4/c1-4-6-7-8-14(3)23-16(21-5-2)22-11-15-9-10-24(12-15)13-17(18,19)20/h14-15H,4-13H2,1-3H3,(H2,21,22,23). The molecular formula is C17H33F3N4. The van der Waals surface area contributed by atoms with E-state index in [0.717, 1.165) is 25.3 Å². The topological polar surface area (TPSA) is 39.7 Å². The van der Waals surface area contributed by atoms with Gasteiger partial charge in [-0.05, 0) is 39.2 Å². The van der Waals surface area contributed by atoms with Crippen LogP contribution in [0.1, 0.15) is 52.9 Å². The van der Waals surface area contributed by atoms with Crippen molar-refractivity contribution in [1.29, 1.82) is 0 Å². The molecule has 2 atom stereocenters. The van der Waals surface area contributed by atoms with Crippen LogP contribution in [0.5, 0.6) is 0 Å². The van der Waals surface area contributed by atoms with Crippen LogP contribution in [-0.4, -0.2) is 55.8 Å². The van der Waals surface area contributed by atoms with Crippen LogP contribution >= 0.6 is 0 Å². The molecule has 0 saturated carbocycles. The van der Waals surface area contributed by atoms with Gasteiger partial charge in [0.05, 0.1) is 6.54 Å². The van der Waals surface area contributed by atoms with Gasteiger partial charge in [0.15, 0.2) is 5.96 Å². The summed E-state index contributed by atoms with van der Waals surface area (Å²) in [5, 5.41) is 6.62. The largest absolute Gasteiger partial charge is 0.401 e. The fourth-order valence-corrected chi connectivity index (χ4v) is 3.01. The highest BCUT2D eigenvalue weighted by Gasteiger charge is 2.34. The van der Waals surface area contributed by atoms with Gasteiger partial charge >= 0.3 is 6.18 Å². The third-order valence-corrected chi connectivity index (χ3v) is 4.25. The van der Waals surface area contributed by atoms with Gasteiger partial charge in [-0.1, -0.05) is 26.2 Å². The molecule has 1 fully saturated rings. The number of halogens is 3. The Morgan fingerprint density at radius 2 is 2.04 bits per heavy atom. The maximum absolute atomic E-state index is 12.4. The lowest BCUT2D eigenvalue weighted by Crippen LogP contribution is -2.42. The molecule has 0 aromatic heterocycles. The Labute approximate surface area is 144 Å². The smallest absolute Gasteiger partial charge is 0.357 e. The molecule has 1 saturated heterocycles. The Morgan fingerprint density at radius 1 is 1.29 bits per heavy atom. The second-order valence-corrected chi connectivity index (χ2v) is 6.77. The molecule has 1 aliphatic heterocycles. The van der Waals surface area contributed by atoms with Crippen molar-refractivity contribution < 1.29 is 13.2 Å². The van der Waals surface area contributed by atoms with Crippen molar-refractivity contribution in [2.24, 2.45) is 10.9 Å². The number of guanidine groups is 1. The molecule has 1 aliphatic rings. The van der Waals surface area contributed by atoms with Gasteiger partial charge < -0.3 is 10.6 Å². The number of alkyl halides is 3. The maximum atomic E-state index is 12.4. The predicted octanol–water partition coefficient (Wildman–Crippen LogP) is 3.39. The summed E-state index contributed by atoms with van der Waals surface area (Å²) >= 11 is 0. The molecular weight excluding hydrogens is 317 g/mol. The van der Waals surface area contributed by atoms with E-state index in [9.17, 15) is 13.2 Å². The summed E-state index contributed by atoms with van der Waals surface area (Å²) in [6.45, 7) is 7.88. The van der Waals surface area contributed by atoms with Gasteiger partial charge in [-0.3, -0.25) is 9.89 Å². The molecule has 0 spiro atoms. The molecule has 4 nitrogen and oxygen atoms in total. The van der Waals surface area contributed by atoms with E-state index >= 15 is 0 Å². The van der Waals surface area contributed by atoms with E-state index in [2.05, 4.69) is 29.5 Å². The first-order valence-corrected chi connectivity index (χ1v) is 9.18. The van der Waals surface area contributed by atoms with Crippen molar-refractivity contribution in [1.82, 2.24) is 15.5 Å². The van der Waals surface area contributed by atoms with Gasteiger partial charge in [0.25, 0.3) is 0 Å². The number of rotatable bonds is 9. The molecule has 0 aromatic rings. The molecule has 7 heteroatoms. The van der Waals surface area contributed by atoms with E-state index in [1.165, 1.54) is 24.2 Å². The van der Waals surface area contributed by atoms with Crippen molar-refractivity contribution in [2.75, 3.05) is 32.7 Å². The Bertz CT molecular complexity index is 371. The van der Waals surface area contributed by atoms with Crippen LogP contribution in [0.4, 0.5) is 13.2 Å². The van der Waals surface area contributed by atoms with Crippen LogP contribution in [0, 0.1) is 5.92 Å². The van der Waals surface area contributed by atoms with Crippen LogP contribution in [0.15, 0.2) is 4.99 Å². The Morgan fingerprint density at radius 3 is 2.67 bits per heavy atom. The van der Waals surface area contributed by atoms with Gasteiger partial charge in [0.2, 0.25) is 0 Å². The first kappa shape index (κ1) is 21.1. The highest BCUT2D eigenvalue weighted by Crippen LogP contribution is 2.22. The van der Waals surface area contributed by atoms with Crippen LogP contribution in [0.3, 0.4) is 0 Å². The zero-order valence-electron chi connectivity index (χ0n) is 15.3. The van der Waals surface area contributed by atoms with Crippen LogP contribution < -0.4 is 10.6 Å². The van der Waals surface area contributed by atoms with Gasteiger partial charge in [-0.2, -0.15) is 13.2 Å². The fraction of sp³-hybridized carbons (Fsp3) is 0.941. The minimum Gasteiger partial charge on any atom is -0.357 e. The summed E-state index contributed by atoms with van der Waals surface area (Å²) in [7, 11) is 0. The quantitative estimate of drug-likeness (QED) is 0.380. The summed E-state index contributed by atoms with van der Waals surface area (Å²) in [5.41, 5.74) is 0. The summed E-state index contributed by atoms with van der Waals surface area (Å²) in [5.74, 6) is 0.981. The van der Waals surface area contributed by atoms with Crippen LogP contribution in [0.25, 0.3) is 0 Å². The first-order chi connectivity index (χ1) is 11.3. The third kappa shape index (κ3) is 9.35. The summed E-state index contributed by atoms with van der Waals surface area (Å²) in [6.07, 6.45) is 1.40. The van der Waals surface area contributed by atoms with E-state index < -0.39 is 12.7 Å². The maximum Gasteiger partial charge on any atom is 0.401 e. The molecule has 142 valence electrons. The SMILES string of the molecule is CCCCCC(C)NC(=NCC1CCN(CC(F)(F)F)C1)NCC. The number of aliphatic imine (C=N–C) groups is 1. The molecule has 1 rings (SSSR count). The number of hydrogen-bond donors (Lipinski definition) is 2. The van der Waals surface area contributed by atoms with E-state index in [1.54, 1.807) is 0 Å². The molecule has 2 unspecified atom stereocenters. The minimum absolute atomic E-state index is 0.207. The van der Waals surface area contributed by atoms with Gasteiger partial charge in [-0.25, -0.2) is 0 Å². The molecule has 2 N–H and O–H groups in total. The van der Waals surface area contributed by atoms with Crippen LogP contribution in [-0.2, 0) is 0 Å². The normalized spacial score (nSPS) is 21.1. The van der Waals surface area contributed by atoms with E-state index in [-0.39, 0.29) is 5.92 Å². The number of nitrogens with one attached hydrogen (secondary N) is 2. The Balaban J connectivity index is 2.40. The van der Waals surface area contributed by atoms with Crippen molar-refractivity contribution in [3.8, 4) is 0 Å². The number of hydrogen-bond acceptors (Lipinski definition) is 2. The summed E-state index contributed by atoms with van der Waals surface area (Å²) < 4.78 is 37.3. The van der Waals surface area contributed by atoms with Gasteiger partial charge in [0, 0.05) is 25.7 Å².